The number of benzene rings is 1. The summed E-state index contributed by atoms with van der Waals surface area (Å²) in [6.45, 7) is 1.64. The van der Waals surface area contributed by atoms with Gasteiger partial charge >= 0.3 is 0 Å². The van der Waals surface area contributed by atoms with Crippen molar-refractivity contribution in [2.75, 3.05) is 13.6 Å². The third kappa shape index (κ3) is 4.02. The zero-order chi connectivity index (χ0) is 14.5. The molecule has 0 spiro atoms. The van der Waals surface area contributed by atoms with E-state index >= 15 is 0 Å². The lowest BCUT2D eigenvalue weighted by molar-refractivity contribution is -0.132. The number of nitrogens with zero attached hydrogens (tertiary/aromatic N) is 1. The van der Waals surface area contributed by atoms with Crippen molar-refractivity contribution >= 4 is 21.8 Å². The van der Waals surface area contributed by atoms with Crippen LogP contribution in [0.1, 0.15) is 18.4 Å². The number of hydrogen-bond donors (Lipinski definition) is 2. The molecule has 5 nitrogen and oxygen atoms in total. The lowest BCUT2D eigenvalue weighted by atomic mass is 10.1. The van der Waals surface area contributed by atoms with E-state index < -0.39 is 6.10 Å². The van der Waals surface area contributed by atoms with Gasteiger partial charge in [0.15, 0.2) is 0 Å². The topological polar surface area (TPSA) is 67.6 Å². The van der Waals surface area contributed by atoms with Crippen molar-refractivity contribution in [2.45, 2.75) is 31.6 Å². The quantitative estimate of drug-likeness (QED) is 0.483. The predicted octanol–water partition coefficient (Wildman–Crippen LogP) is 1.42. The average Bonchev–Trinajstić information content (AvgIpc) is 2.89. The van der Waals surface area contributed by atoms with E-state index in [0.717, 1.165) is 30.4 Å². The Labute approximate surface area is 127 Å². The molecule has 2 rings (SSSR count). The Balaban J connectivity index is 1.82. The SMILES string of the molecule is CN(Cc1ccccc1Br)CC1CCC(C(=O)NN)O1. The number of carbonyl (C=O) groups is 1. The molecule has 3 N–H and O–H groups in total. The van der Waals surface area contributed by atoms with Crippen LogP contribution in [0.3, 0.4) is 0 Å². The molecular formula is C14H20BrN3O2. The largest absolute Gasteiger partial charge is 0.364 e. The second kappa shape index (κ2) is 7.17. The van der Waals surface area contributed by atoms with Gasteiger partial charge in [-0.1, -0.05) is 34.1 Å². The van der Waals surface area contributed by atoms with Gasteiger partial charge in [0.25, 0.3) is 5.91 Å². The molecular weight excluding hydrogens is 322 g/mol. The van der Waals surface area contributed by atoms with Crippen molar-refractivity contribution in [3.05, 3.63) is 34.3 Å². The number of halogens is 1. The van der Waals surface area contributed by atoms with Crippen LogP contribution in [0.4, 0.5) is 0 Å². The first kappa shape index (κ1) is 15.4. The summed E-state index contributed by atoms with van der Waals surface area (Å²) in [7, 11) is 2.05. The molecule has 1 aromatic carbocycles. The highest BCUT2D eigenvalue weighted by Crippen LogP contribution is 2.22. The van der Waals surface area contributed by atoms with Gasteiger partial charge in [-0.2, -0.15) is 0 Å². The molecule has 2 atom stereocenters. The summed E-state index contributed by atoms with van der Waals surface area (Å²) in [5.41, 5.74) is 3.38. The third-order valence-electron chi connectivity index (χ3n) is 3.46. The van der Waals surface area contributed by atoms with Crippen LogP contribution in [0.2, 0.25) is 0 Å². The highest BCUT2D eigenvalue weighted by Gasteiger charge is 2.30. The maximum Gasteiger partial charge on any atom is 0.263 e. The average molecular weight is 342 g/mol. The summed E-state index contributed by atoms with van der Waals surface area (Å²) in [5.74, 6) is 4.89. The van der Waals surface area contributed by atoms with E-state index in [9.17, 15) is 4.79 Å². The van der Waals surface area contributed by atoms with Crippen LogP contribution < -0.4 is 11.3 Å². The molecule has 0 aromatic heterocycles. The number of ether oxygens (including phenoxy) is 1. The number of carbonyl (C=O) groups excluding carboxylic acids is 1. The number of amides is 1. The van der Waals surface area contributed by atoms with Crippen LogP contribution in [0, 0.1) is 0 Å². The summed E-state index contributed by atoms with van der Waals surface area (Å²) >= 11 is 3.55. The van der Waals surface area contributed by atoms with E-state index in [1.54, 1.807) is 0 Å². The second-order valence-electron chi connectivity index (χ2n) is 5.12. The van der Waals surface area contributed by atoms with Gasteiger partial charge in [0.05, 0.1) is 6.10 Å². The molecule has 1 aliphatic heterocycles. The standard InChI is InChI=1S/C14H20BrN3O2/c1-18(8-10-4-2-3-5-12(10)15)9-11-6-7-13(20-11)14(19)17-16/h2-5,11,13H,6-9,16H2,1H3,(H,17,19). The normalized spacial score (nSPS) is 22.2. The van der Waals surface area contributed by atoms with Crippen LogP contribution in [0.25, 0.3) is 0 Å². The van der Waals surface area contributed by atoms with Crippen LogP contribution in [-0.4, -0.2) is 36.6 Å². The highest BCUT2D eigenvalue weighted by atomic mass is 79.9. The van der Waals surface area contributed by atoms with E-state index in [-0.39, 0.29) is 12.0 Å². The van der Waals surface area contributed by atoms with E-state index in [4.69, 9.17) is 10.6 Å². The van der Waals surface area contributed by atoms with Crippen molar-refractivity contribution in [1.29, 1.82) is 0 Å². The predicted molar refractivity (Wildman–Crippen MR) is 80.7 cm³/mol. The van der Waals surface area contributed by atoms with Gasteiger partial charge in [-0.3, -0.25) is 15.1 Å². The van der Waals surface area contributed by atoms with Gasteiger partial charge in [-0.25, -0.2) is 5.84 Å². The molecule has 0 radical (unpaired) electrons. The molecule has 1 amide bonds. The molecule has 1 fully saturated rings. The summed E-state index contributed by atoms with van der Waals surface area (Å²) in [6, 6.07) is 8.17. The first-order valence-electron chi connectivity index (χ1n) is 6.68. The molecule has 6 heteroatoms. The summed E-state index contributed by atoms with van der Waals surface area (Å²) < 4.78 is 6.82. The Morgan fingerprint density at radius 3 is 2.95 bits per heavy atom. The van der Waals surface area contributed by atoms with Gasteiger partial charge in [-0.05, 0) is 31.5 Å². The number of likely N-dealkylation sites (N-methyl/N-ethyl adjacent to an activating group) is 1. The van der Waals surface area contributed by atoms with Gasteiger partial charge in [-0.15, -0.1) is 0 Å². The van der Waals surface area contributed by atoms with Crippen molar-refractivity contribution in [3.8, 4) is 0 Å². The first-order chi connectivity index (χ1) is 9.60. The molecule has 0 aliphatic carbocycles. The highest BCUT2D eigenvalue weighted by molar-refractivity contribution is 9.10. The van der Waals surface area contributed by atoms with Gasteiger partial charge in [0, 0.05) is 17.6 Å². The van der Waals surface area contributed by atoms with Crippen LogP contribution in [-0.2, 0) is 16.1 Å². The van der Waals surface area contributed by atoms with Crippen molar-refractivity contribution < 1.29 is 9.53 Å². The monoisotopic (exact) mass is 341 g/mol. The van der Waals surface area contributed by atoms with Gasteiger partial charge in [0.2, 0.25) is 0 Å². The fourth-order valence-electron chi connectivity index (χ4n) is 2.46. The van der Waals surface area contributed by atoms with E-state index in [1.807, 2.05) is 18.2 Å². The molecule has 1 heterocycles. The van der Waals surface area contributed by atoms with E-state index in [1.165, 1.54) is 5.56 Å². The number of hydrazine groups is 1. The minimum Gasteiger partial charge on any atom is -0.364 e. The molecule has 1 saturated heterocycles. The van der Waals surface area contributed by atoms with Crippen LogP contribution >= 0.6 is 15.9 Å². The summed E-state index contributed by atoms with van der Waals surface area (Å²) in [4.78, 5) is 13.6. The molecule has 0 bridgehead atoms. The first-order valence-corrected chi connectivity index (χ1v) is 7.47. The smallest absolute Gasteiger partial charge is 0.263 e. The van der Waals surface area contributed by atoms with Crippen molar-refractivity contribution in [3.63, 3.8) is 0 Å². The lowest BCUT2D eigenvalue weighted by Crippen LogP contribution is -2.39. The minimum absolute atomic E-state index is 0.0878. The maximum absolute atomic E-state index is 11.4. The number of nitrogens with one attached hydrogen (secondary N) is 1. The minimum atomic E-state index is -0.401. The van der Waals surface area contributed by atoms with Crippen LogP contribution in [0.15, 0.2) is 28.7 Å². The Bertz CT molecular complexity index is 469. The number of hydrogen-bond acceptors (Lipinski definition) is 4. The molecule has 2 unspecified atom stereocenters. The molecule has 110 valence electrons. The summed E-state index contributed by atoms with van der Waals surface area (Å²) in [6.07, 6.45) is 1.31. The lowest BCUT2D eigenvalue weighted by Gasteiger charge is -2.21. The maximum atomic E-state index is 11.4. The second-order valence-corrected chi connectivity index (χ2v) is 5.98. The zero-order valence-electron chi connectivity index (χ0n) is 11.5. The van der Waals surface area contributed by atoms with E-state index in [0.29, 0.717) is 0 Å². The zero-order valence-corrected chi connectivity index (χ0v) is 13.1. The molecule has 1 aliphatic rings. The van der Waals surface area contributed by atoms with E-state index in [2.05, 4.69) is 39.4 Å². The Kier molecular flexibility index (Phi) is 5.54. The van der Waals surface area contributed by atoms with Gasteiger partial charge in [0.1, 0.15) is 6.10 Å². The Morgan fingerprint density at radius 1 is 1.50 bits per heavy atom. The Morgan fingerprint density at radius 2 is 2.25 bits per heavy atom. The molecule has 0 saturated carbocycles. The number of rotatable bonds is 5. The fourth-order valence-corrected chi connectivity index (χ4v) is 2.87. The van der Waals surface area contributed by atoms with Crippen molar-refractivity contribution in [2.24, 2.45) is 5.84 Å². The molecule has 1 aromatic rings. The van der Waals surface area contributed by atoms with Gasteiger partial charge < -0.3 is 4.74 Å². The van der Waals surface area contributed by atoms with Crippen LogP contribution in [0.5, 0.6) is 0 Å². The Hall–Kier alpha value is -0.950. The summed E-state index contributed by atoms with van der Waals surface area (Å²) in [5, 5.41) is 0. The third-order valence-corrected chi connectivity index (χ3v) is 4.23. The molecule has 20 heavy (non-hydrogen) atoms. The number of nitrogens with two attached hydrogens (primary N) is 1. The fraction of sp³-hybridized carbons (Fsp3) is 0.500. The van der Waals surface area contributed by atoms with Crippen molar-refractivity contribution in [1.82, 2.24) is 10.3 Å².